The third kappa shape index (κ3) is 14.7. The topological polar surface area (TPSA) is 259 Å². The summed E-state index contributed by atoms with van der Waals surface area (Å²) in [7, 11) is 0. The van der Waals surface area contributed by atoms with Gasteiger partial charge in [0.1, 0.15) is 18.4 Å². The van der Waals surface area contributed by atoms with Crippen LogP contribution in [0.25, 0.3) is 0 Å². The largest absolute Gasteiger partial charge is 0.394 e. The first kappa shape index (κ1) is 39.2. The third-order valence-electron chi connectivity index (χ3n) is 6.47. The van der Waals surface area contributed by atoms with Crippen LogP contribution in [-0.4, -0.2) is 107 Å². The monoisotopic (exact) mass is 638 g/mol. The molecule has 7 atom stereocenters. The Bertz CT molecular complexity index is 1120. The zero-order chi connectivity index (χ0) is 34.1. The SMILES string of the molecule is CC(=O)N[C@@H](CO)[C@H](NC(=O)N[C@@H](Cc1ccccc1)C(=O)C(=O)[C@H](CC(N)=O)NN[C@H](C=O)CC(C)C)OC(CO)[C@H](C)O. The lowest BCUT2D eigenvalue weighted by Gasteiger charge is -2.32. The van der Waals surface area contributed by atoms with Crippen LogP contribution in [0.2, 0.25) is 0 Å². The molecule has 0 bridgehead atoms. The Morgan fingerprint density at radius 2 is 1.53 bits per heavy atom. The fourth-order valence-corrected chi connectivity index (χ4v) is 4.21. The van der Waals surface area contributed by atoms with Gasteiger partial charge in [0.2, 0.25) is 23.4 Å². The number of rotatable bonds is 22. The van der Waals surface area contributed by atoms with Crippen molar-refractivity contribution in [3.05, 3.63) is 35.9 Å². The van der Waals surface area contributed by atoms with Gasteiger partial charge in [0.15, 0.2) is 6.23 Å². The number of aliphatic hydroxyl groups is 3. The van der Waals surface area contributed by atoms with Crippen LogP contribution in [0.4, 0.5) is 4.79 Å². The molecule has 0 spiro atoms. The first-order valence-electron chi connectivity index (χ1n) is 14.5. The molecule has 1 aromatic carbocycles. The van der Waals surface area contributed by atoms with E-state index in [9.17, 15) is 44.1 Å². The molecule has 0 heterocycles. The predicted octanol–water partition coefficient (Wildman–Crippen LogP) is -2.43. The number of nitrogens with one attached hydrogen (secondary N) is 5. The number of ketones is 2. The molecule has 252 valence electrons. The second kappa shape index (κ2) is 20.3. The molecule has 0 aromatic heterocycles. The van der Waals surface area contributed by atoms with Crippen molar-refractivity contribution in [3.63, 3.8) is 0 Å². The van der Waals surface area contributed by atoms with Crippen LogP contribution < -0.4 is 32.5 Å². The van der Waals surface area contributed by atoms with Crippen molar-refractivity contribution in [2.24, 2.45) is 11.7 Å². The molecule has 0 saturated carbocycles. The Labute approximate surface area is 261 Å². The average Bonchev–Trinajstić information content (AvgIpc) is 2.98. The third-order valence-corrected chi connectivity index (χ3v) is 6.47. The van der Waals surface area contributed by atoms with Crippen LogP contribution >= 0.6 is 0 Å². The normalized spacial score (nSPS) is 15.9. The fraction of sp³-hybridized carbons (Fsp3) is 0.586. The summed E-state index contributed by atoms with van der Waals surface area (Å²) >= 11 is 0. The predicted molar refractivity (Wildman–Crippen MR) is 161 cm³/mol. The van der Waals surface area contributed by atoms with Crippen LogP contribution in [0, 0.1) is 5.92 Å². The Morgan fingerprint density at radius 1 is 0.911 bits per heavy atom. The summed E-state index contributed by atoms with van der Waals surface area (Å²) in [6.07, 6.45) is -3.71. The molecule has 45 heavy (non-hydrogen) atoms. The molecular formula is C29H46N6O10. The van der Waals surface area contributed by atoms with E-state index in [2.05, 4.69) is 26.8 Å². The number of primary amides is 1. The van der Waals surface area contributed by atoms with Gasteiger partial charge in [0.25, 0.3) is 0 Å². The lowest BCUT2D eigenvalue weighted by Crippen LogP contribution is -2.61. The van der Waals surface area contributed by atoms with Crippen LogP contribution in [-0.2, 0) is 35.1 Å². The van der Waals surface area contributed by atoms with Crippen LogP contribution in [0.15, 0.2) is 30.3 Å². The smallest absolute Gasteiger partial charge is 0.317 e. The number of aldehydes is 1. The highest BCUT2D eigenvalue weighted by molar-refractivity contribution is 6.41. The highest BCUT2D eigenvalue weighted by Crippen LogP contribution is 2.10. The summed E-state index contributed by atoms with van der Waals surface area (Å²) in [5.41, 5.74) is 11.1. The molecule has 1 aromatic rings. The minimum absolute atomic E-state index is 0.108. The van der Waals surface area contributed by atoms with Gasteiger partial charge in [-0.15, -0.1) is 0 Å². The Balaban J connectivity index is 3.31. The summed E-state index contributed by atoms with van der Waals surface area (Å²) in [6.45, 7) is 4.83. The Hall–Kier alpha value is -3.80. The van der Waals surface area contributed by atoms with E-state index in [1.807, 2.05) is 13.8 Å². The number of amides is 4. The van der Waals surface area contributed by atoms with Crippen molar-refractivity contribution in [2.45, 2.75) is 89.6 Å². The summed E-state index contributed by atoms with van der Waals surface area (Å²) < 4.78 is 5.57. The number of hydrazine groups is 1. The van der Waals surface area contributed by atoms with E-state index in [-0.39, 0.29) is 12.3 Å². The molecule has 0 aliphatic heterocycles. The van der Waals surface area contributed by atoms with E-state index in [0.29, 0.717) is 18.3 Å². The molecule has 16 heteroatoms. The first-order valence-corrected chi connectivity index (χ1v) is 14.5. The maximum atomic E-state index is 13.6. The fourth-order valence-electron chi connectivity index (χ4n) is 4.21. The van der Waals surface area contributed by atoms with Crippen molar-refractivity contribution in [3.8, 4) is 0 Å². The summed E-state index contributed by atoms with van der Waals surface area (Å²) in [5, 5.41) is 36.5. The lowest BCUT2D eigenvalue weighted by molar-refractivity contribution is -0.139. The molecule has 16 nitrogen and oxygen atoms in total. The first-order chi connectivity index (χ1) is 21.2. The molecule has 0 radical (unpaired) electrons. The number of hydrogen-bond donors (Lipinski definition) is 9. The van der Waals surface area contributed by atoms with E-state index in [0.717, 1.165) is 6.92 Å². The quantitative estimate of drug-likeness (QED) is 0.0278. The number of urea groups is 1. The highest BCUT2D eigenvalue weighted by atomic mass is 16.5. The van der Waals surface area contributed by atoms with E-state index < -0.39 is 91.6 Å². The Kier molecular flexibility index (Phi) is 17.7. The number of ether oxygens (including phenoxy) is 1. The molecular weight excluding hydrogens is 592 g/mol. The molecule has 4 amide bonds. The van der Waals surface area contributed by atoms with Crippen LogP contribution in [0.1, 0.15) is 46.1 Å². The summed E-state index contributed by atoms with van der Waals surface area (Å²) in [5.74, 6) is -3.59. The standard InChI is InChI=1S/C29H46N6O10/c1-16(2)10-20(13-36)34-35-22(12-25(30)41)27(43)26(42)21(11-19-8-6-5-7-9-19)32-29(44)33-28(23(14-37)31-18(4)40)45-24(15-38)17(3)39/h5-9,13,16-17,20-24,28,34-35,37-39H,10-12,14-15H2,1-4H3,(H2,30,41)(H,31,40)(H2,32,33,44)/t17-,20-,21-,22-,23-,24?,28+/m0/s1. The zero-order valence-electron chi connectivity index (χ0n) is 25.9. The van der Waals surface area contributed by atoms with Crippen molar-refractivity contribution in [1.29, 1.82) is 0 Å². The van der Waals surface area contributed by atoms with E-state index in [1.165, 1.54) is 6.92 Å². The van der Waals surface area contributed by atoms with E-state index in [1.54, 1.807) is 30.3 Å². The molecule has 0 aliphatic carbocycles. The molecule has 0 aliphatic rings. The number of carbonyl (C=O) groups excluding carboxylic acids is 6. The molecule has 0 fully saturated rings. The maximum Gasteiger partial charge on any atom is 0.317 e. The van der Waals surface area contributed by atoms with Crippen molar-refractivity contribution < 1.29 is 48.8 Å². The number of carbonyl (C=O) groups is 6. The van der Waals surface area contributed by atoms with Gasteiger partial charge in [-0.1, -0.05) is 44.2 Å². The summed E-state index contributed by atoms with van der Waals surface area (Å²) in [4.78, 5) is 75.1. The van der Waals surface area contributed by atoms with Gasteiger partial charge < -0.3 is 46.5 Å². The number of Topliss-reactive ketones (excluding diaryl/α,β-unsaturated/α-hetero) is 2. The minimum Gasteiger partial charge on any atom is -0.394 e. The van der Waals surface area contributed by atoms with Crippen LogP contribution in [0.3, 0.4) is 0 Å². The average molecular weight is 639 g/mol. The van der Waals surface area contributed by atoms with Crippen molar-refractivity contribution in [1.82, 2.24) is 26.8 Å². The highest BCUT2D eigenvalue weighted by Gasteiger charge is 2.35. The van der Waals surface area contributed by atoms with Crippen LogP contribution in [0.5, 0.6) is 0 Å². The molecule has 10 N–H and O–H groups in total. The molecule has 1 unspecified atom stereocenters. The minimum atomic E-state index is -1.51. The van der Waals surface area contributed by atoms with E-state index >= 15 is 0 Å². The number of benzene rings is 1. The van der Waals surface area contributed by atoms with Gasteiger partial charge in [0, 0.05) is 13.3 Å². The maximum absolute atomic E-state index is 13.6. The van der Waals surface area contributed by atoms with Gasteiger partial charge in [0.05, 0.1) is 43.9 Å². The second-order valence-corrected chi connectivity index (χ2v) is 11.0. The number of nitrogens with two attached hydrogens (primary N) is 1. The van der Waals surface area contributed by atoms with Gasteiger partial charge in [-0.2, -0.15) is 0 Å². The number of hydrogen-bond acceptors (Lipinski definition) is 12. The van der Waals surface area contributed by atoms with E-state index in [4.69, 9.17) is 10.5 Å². The second-order valence-electron chi connectivity index (χ2n) is 11.0. The number of aliphatic hydroxyl groups excluding tert-OH is 3. The van der Waals surface area contributed by atoms with Gasteiger partial charge >= 0.3 is 6.03 Å². The molecule has 0 saturated heterocycles. The summed E-state index contributed by atoms with van der Waals surface area (Å²) in [6, 6.07) is 2.40. The van der Waals surface area contributed by atoms with Gasteiger partial charge in [-0.05, 0) is 24.8 Å². The van der Waals surface area contributed by atoms with Gasteiger partial charge in [-0.25, -0.2) is 15.6 Å². The zero-order valence-corrected chi connectivity index (χ0v) is 25.9. The molecule has 1 rings (SSSR count). The lowest BCUT2D eigenvalue weighted by atomic mass is 9.95. The Morgan fingerprint density at radius 3 is 2.02 bits per heavy atom. The van der Waals surface area contributed by atoms with Crippen molar-refractivity contribution in [2.75, 3.05) is 13.2 Å². The van der Waals surface area contributed by atoms with Gasteiger partial charge in [-0.3, -0.25) is 19.2 Å². The van der Waals surface area contributed by atoms with Crippen molar-refractivity contribution >= 4 is 35.7 Å².